The molecule has 2 saturated heterocycles. The fraction of sp³-hybridized carbons (Fsp3) is 0.880. The summed E-state index contributed by atoms with van der Waals surface area (Å²) in [5.41, 5.74) is 0.464. The zero-order valence-corrected chi connectivity index (χ0v) is 22.4. The summed E-state index contributed by atoms with van der Waals surface area (Å²) in [6, 6.07) is 0. The van der Waals surface area contributed by atoms with Crippen LogP contribution in [0.2, 0.25) is 0 Å². The van der Waals surface area contributed by atoms with Gasteiger partial charge in [-0.3, -0.25) is 4.79 Å². The second-order valence-corrected chi connectivity index (χ2v) is 10.4. The van der Waals surface area contributed by atoms with Crippen molar-refractivity contribution >= 4 is 5.91 Å². The normalized spacial score (nSPS) is 35.8. The lowest BCUT2D eigenvalue weighted by Crippen LogP contribution is -2.63. The molecular formula is C25H45NO9. The summed E-state index contributed by atoms with van der Waals surface area (Å²) in [5, 5.41) is 24.5. The Labute approximate surface area is 209 Å². The molecule has 35 heavy (non-hydrogen) atoms. The van der Waals surface area contributed by atoms with Crippen LogP contribution < -0.4 is 5.32 Å². The number of carbonyl (C=O) groups is 1. The minimum absolute atomic E-state index is 0.0559. The van der Waals surface area contributed by atoms with Crippen LogP contribution in [0.1, 0.15) is 47.0 Å². The van der Waals surface area contributed by atoms with Gasteiger partial charge in [-0.2, -0.15) is 0 Å². The van der Waals surface area contributed by atoms with E-state index in [0.717, 1.165) is 5.57 Å². The fourth-order valence-electron chi connectivity index (χ4n) is 4.91. The van der Waals surface area contributed by atoms with Gasteiger partial charge in [-0.15, -0.1) is 0 Å². The highest BCUT2D eigenvalue weighted by Gasteiger charge is 2.51. The molecule has 1 amide bonds. The molecule has 2 fully saturated rings. The molecule has 0 spiro atoms. The topological polar surface area (TPSA) is 125 Å². The summed E-state index contributed by atoms with van der Waals surface area (Å²) in [5.74, 6) is -2.28. The Morgan fingerprint density at radius 1 is 1.23 bits per heavy atom. The van der Waals surface area contributed by atoms with E-state index in [-0.39, 0.29) is 36.1 Å². The van der Waals surface area contributed by atoms with E-state index in [9.17, 15) is 15.0 Å². The van der Waals surface area contributed by atoms with Crippen molar-refractivity contribution in [1.82, 2.24) is 5.32 Å². The van der Waals surface area contributed by atoms with Gasteiger partial charge in [0.15, 0.2) is 12.3 Å². The van der Waals surface area contributed by atoms with Crippen LogP contribution in [0.3, 0.4) is 0 Å². The number of rotatable bonds is 11. The lowest BCUT2D eigenvalue weighted by atomic mass is 9.75. The monoisotopic (exact) mass is 503 g/mol. The molecule has 10 heteroatoms. The van der Waals surface area contributed by atoms with Gasteiger partial charge in [0.2, 0.25) is 5.79 Å². The lowest BCUT2D eigenvalue weighted by Gasteiger charge is -2.48. The van der Waals surface area contributed by atoms with Crippen LogP contribution in [0.4, 0.5) is 0 Å². The van der Waals surface area contributed by atoms with Crippen molar-refractivity contribution in [1.29, 1.82) is 0 Å². The van der Waals surface area contributed by atoms with Gasteiger partial charge in [0.1, 0.15) is 6.10 Å². The SMILES string of the molecule is C=C1C[C@](OC)([C@@H](O)C(=O)N[C@H](OC)[C@@H]2O[C@@H](C[C@@H](COC)OC)C(C)(C)C[C@H]2O)O[C@H](C)[C@@H]1C. The van der Waals surface area contributed by atoms with E-state index in [4.69, 9.17) is 28.4 Å². The van der Waals surface area contributed by atoms with E-state index in [0.29, 0.717) is 19.4 Å². The third-order valence-corrected chi connectivity index (χ3v) is 7.52. The predicted molar refractivity (Wildman–Crippen MR) is 129 cm³/mol. The summed E-state index contributed by atoms with van der Waals surface area (Å²) >= 11 is 0. The first-order valence-electron chi connectivity index (χ1n) is 12.1. The molecule has 0 aliphatic carbocycles. The zero-order chi connectivity index (χ0) is 26.6. The van der Waals surface area contributed by atoms with Crippen molar-refractivity contribution in [3.05, 3.63) is 12.2 Å². The highest BCUT2D eigenvalue weighted by Crippen LogP contribution is 2.40. The van der Waals surface area contributed by atoms with Gasteiger partial charge < -0.3 is 44.0 Å². The van der Waals surface area contributed by atoms with Gasteiger partial charge in [0, 0.05) is 47.2 Å². The van der Waals surface area contributed by atoms with E-state index in [2.05, 4.69) is 11.9 Å². The third-order valence-electron chi connectivity index (χ3n) is 7.52. The number of aliphatic hydroxyl groups excluding tert-OH is 2. The molecule has 10 nitrogen and oxygen atoms in total. The minimum atomic E-state index is -1.66. The lowest BCUT2D eigenvalue weighted by molar-refractivity contribution is -0.298. The van der Waals surface area contributed by atoms with Crippen LogP contribution >= 0.6 is 0 Å². The maximum absolute atomic E-state index is 13.1. The second kappa shape index (κ2) is 12.4. The van der Waals surface area contributed by atoms with Gasteiger partial charge in [-0.05, 0) is 18.8 Å². The summed E-state index contributed by atoms with van der Waals surface area (Å²) in [6.45, 7) is 12.3. The number of hydrogen-bond acceptors (Lipinski definition) is 9. The van der Waals surface area contributed by atoms with E-state index >= 15 is 0 Å². The average molecular weight is 504 g/mol. The molecule has 3 N–H and O–H groups in total. The van der Waals surface area contributed by atoms with Crippen LogP contribution in [0.15, 0.2) is 12.2 Å². The predicted octanol–water partition coefficient (Wildman–Crippen LogP) is 1.38. The van der Waals surface area contributed by atoms with Gasteiger partial charge in [0.05, 0.1) is 31.0 Å². The molecule has 0 radical (unpaired) electrons. The Morgan fingerprint density at radius 3 is 2.40 bits per heavy atom. The van der Waals surface area contributed by atoms with Gasteiger partial charge >= 0.3 is 0 Å². The van der Waals surface area contributed by atoms with Gasteiger partial charge in [-0.1, -0.05) is 32.9 Å². The summed E-state index contributed by atoms with van der Waals surface area (Å²) in [7, 11) is 6.00. The molecule has 2 aliphatic heterocycles. The van der Waals surface area contributed by atoms with Gasteiger partial charge in [0.25, 0.3) is 5.91 Å². The largest absolute Gasteiger partial charge is 0.390 e. The first-order valence-corrected chi connectivity index (χ1v) is 12.1. The molecule has 0 aromatic carbocycles. The average Bonchev–Trinajstić information content (AvgIpc) is 2.80. The summed E-state index contributed by atoms with van der Waals surface area (Å²) in [4.78, 5) is 13.1. The van der Waals surface area contributed by atoms with Crippen LogP contribution in [-0.2, 0) is 33.2 Å². The van der Waals surface area contributed by atoms with Gasteiger partial charge in [-0.25, -0.2) is 0 Å². The smallest absolute Gasteiger partial charge is 0.256 e. The molecule has 0 bridgehead atoms. The Bertz CT molecular complexity index is 717. The molecule has 9 atom stereocenters. The standard InChI is InChI=1S/C25H45NO9/c1-14-11-25(33-9,35-16(3)15(14)2)21(28)22(29)26-23(32-8)20-18(27)12-24(4,5)19(34-20)10-17(31-7)13-30-6/h15-21,23,27-28H,1,10-13H2,2-9H3,(H,26,29)/t15-,16-,17+,18-,19+,20-,21+,23-,25-/m1/s1. The number of nitrogens with one attached hydrogen (secondary N) is 1. The van der Waals surface area contributed by atoms with E-state index in [1.807, 2.05) is 27.7 Å². The maximum Gasteiger partial charge on any atom is 0.256 e. The maximum atomic E-state index is 13.1. The number of ether oxygens (including phenoxy) is 6. The summed E-state index contributed by atoms with van der Waals surface area (Å²) < 4.78 is 34.0. The van der Waals surface area contributed by atoms with E-state index < -0.39 is 36.2 Å². The molecule has 0 unspecified atom stereocenters. The van der Waals surface area contributed by atoms with Crippen LogP contribution in [0.5, 0.6) is 0 Å². The minimum Gasteiger partial charge on any atom is -0.390 e. The molecular weight excluding hydrogens is 458 g/mol. The Kier molecular flexibility index (Phi) is 10.7. The molecule has 0 aromatic rings. The van der Waals surface area contributed by atoms with Crippen molar-refractivity contribution in [3.8, 4) is 0 Å². The number of aliphatic hydroxyl groups is 2. The van der Waals surface area contributed by atoms with Crippen molar-refractivity contribution < 1.29 is 43.4 Å². The van der Waals surface area contributed by atoms with E-state index in [1.54, 1.807) is 14.2 Å². The summed E-state index contributed by atoms with van der Waals surface area (Å²) in [6.07, 6.45) is -4.13. The number of carbonyl (C=O) groups excluding carboxylic acids is 1. The Balaban J connectivity index is 2.17. The van der Waals surface area contributed by atoms with Crippen LogP contribution in [0.25, 0.3) is 0 Å². The van der Waals surface area contributed by atoms with Crippen molar-refractivity contribution in [3.63, 3.8) is 0 Å². The second-order valence-electron chi connectivity index (χ2n) is 10.4. The molecule has 0 saturated carbocycles. The van der Waals surface area contributed by atoms with Crippen LogP contribution in [0, 0.1) is 11.3 Å². The van der Waals surface area contributed by atoms with Crippen LogP contribution in [-0.4, -0.2) is 99.8 Å². The first kappa shape index (κ1) is 30.1. The molecule has 0 aromatic heterocycles. The van der Waals surface area contributed by atoms with Crippen molar-refractivity contribution in [2.45, 2.75) is 95.6 Å². The Hall–Kier alpha value is -1.11. The first-order chi connectivity index (χ1) is 16.3. The van der Waals surface area contributed by atoms with E-state index in [1.165, 1.54) is 14.2 Å². The molecule has 204 valence electrons. The molecule has 2 heterocycles. The Morgan fingerprint density at radius 2 is 1.89 bits per heavy atom. The number of amides is 1. The third kappa shape index (κ3) is 6.81. The highest BCUT2D eigenvalue weighted by atomic mass is 16.7. The molecule has 2 aliphatic rings. The fourth-order valence-corrected chi connectivity index (χ4v) is 4.91. The number of hydrogen-bond donors (Lipinski definition) is 3. The highest BCUT2D eigenvalue weighted by molar-refractivity contribution is 5.82. The van der Waals surface area contributed by atoms with Crippen molar-refractivity contribution in [2.75, 3.05) is 35.0 Å². The quantitative estimate of drug-likeness (QED) is 0.283. The number of methoxy groups -OCH3 is 4. The zero-order valence-electron chi connectivity index (χ0n) is 22.4. The molecule has 2 rings (SSSR count). The van der Waals surface area contributed by atoms with Crippen molar-refractivity contribution in [2.24, 2.45) is 11.3 Å².